The molecule has 1 aliphatic rings. The van der Waals surface area contributed by atoms with Crippen molar-refractivity contribution >= 4 is 17.6 Å². The van der Waals surface area contributed by atoms with Gasteiger partial charge in [-0.3, -0.25) is 9.69 Å². The molecular formula is C11H14ClN3O2. The quantitative estimate of drug-likeness (QED) is 0.774. The number of carbonyl (C=O) groups is 1. The number of pyridine rings is 1. The number of carboxylic acids is 1. The second-order valence-electron chi connectivity index (χ2n) is 4.02. The van der Waals surface area contributed by atoms with E-state index in [1.54, 1.807) is 12.3 Å². The number of hydrogen-bond acceptors (Lipinski definition) is 4. The molecular weight excluding hydrogens is 242 g/mol. The van der Waals surface area contributed by atoms with Crippen LogP contribution in [0.4, 0.5) is 0 Å². The van der Waals surface area contributed by atoms with E-state index in [0.717, 1.165) is 18.7 Å². The number of piperazine rings is 1. The number of carboxylic acid groups (broad SMARTS) is 1. The van der Waals surface area contributed by atoms with Gasteiger partial charge >= 0.3 is 5.97 Å². The summed E-state index contributed by atoms with van der Waals surface area (Å²) in [6.07, 6.45) is 1.63. The van der Waals surface area contributed by atoms with Crippen LogP contribution in [0.2, 0.25) is 5.15 Å². The first-order chi connectivity index (χ1) is 8.16. The number of rotatable bonds is 3. The average Bonchev–Trinajstić information content (AvgIpc) is 2.29. The molecule has 1 aromatic rings. The van der Waals surface area contributed by atoms with Gasteiger partial charge in [0.25, 0.3) is 0 Å². The first kappa shape index (κ1) is 12.3. The maximum Gasteiger partial charge on any atom is 0.322 e. The number of nitrogens with zero attached hydrogens (tertiary/aromatic N) is 2. The van der Waals surface area contributed by atoms with E-state index in [2.05, 4.69) is 10.3 Å². The third-order valence-electron chi connectivity index (χ3n) is 2.82. The summed E-state index contributed by atoms with van der Waals surface area (Å²) in [5.41, 5.74) is 0.984. The zero-order valence-corrected chi connectivity index (χ0v) is 10.0. The fraction of sp³-hybridized carbons (Fsp3) is 0.455. The van der Waals surface area contributed by atoms with Crippen LogP contribution in [-0.4, -0.2) is 46.6 Å². The largest absolute Gasteiger partial charge is 0.480 e. The lowest BCUT2D eigenvalue weighted by Gasteiger charge is -2.33. The van der Waals surface area contributed by atoms with Crippen LogP contribution in [-0.2, 0) is 11.3 Å². The molecule has 1 aromatic heterocycles. The molecule has 0 bridgehead atoms. The summed E-state index contributed by atoms with van der Waals surface area (Å²) in [5, 5.41) is 12.6. The Morgan fingerprint density at radius 2 is 2.53 bits per heavy atom. The number of aromatic nitrogens is 1. The van der Waals surface area contributed by atoms with Gasteiger partial charge in [-0.2, -0.15) is 0 Å². The van der Waals surface area contributed by atoms with Crippen molar-refractivity contribution in [1.29, 1.82) is 0 Å². The smallest absolute Gasteiger partial charge is 0.322 e. The second kappa shape index (κ2) is 5.44. The van der Waals surface area contributed by atoms with Crippen LogP contribution in [0.3, 0.4) is 0 Å². The highest BCUT2D eigenvalue weighted by Crippen LogP contribution is 2.13. The molecule has 92 valence electrons. The fourth-order valence-corrected chi connectivity index (χ4v) is 2.15. The Balaban J connectivity index is 2.08. The van der Waals surface area contributed by atoms with E-state index in [4.69, 9.17) is 16.7 Å². The summed E-state index contributed by atoms with van der Waals surface area (Å²) in [6.45, 7) is 2.59. The van der Waals surface area contributed by atoms with Gasteiger partial charge in [-0.25, -0.2) is 4.98 Å². The van der Waals surface area contributed by atoms with E-state index < -0.39 is 12.0 Å². The molecule has 0 amide bonds. The molecule has 2 rings (SSSR count). The van der Waals surface area contributed by atoms with Crippen LogP contribution in [0.15, 0.2) is 18.3 Å². The highest BCUT2D eigenvalue weighted by molar-refractivity contribution is 6.29. The molecule has 2 N–H and O–H groups in total. The van der Waals surface area contributed by atoms with Gasteiger partial charge in [0.15, 0.2) is 0 Å². The number of nitrogens with one attached hydrogen (secondary N) is 1. The first-order valence-corrected chi connectivity index (χ1v) is 5.82. The molecule has 0 saturated carbocycles. The van der Waals surface area contributed by atoms with E-state index in [9.17, 15) is 4.79 Å². The van der Waals surface area contributed by atoms with Crippen molar-refractivity contribution in [1.82, 2.24) is 15.2 Å². The summed E-state index contributed by atoms with van der Waals surface area (Å²) in [5.74, 6) is -0.794. The molecule has 0 radical (unpaired) electrons. The minimum absolute atomic E-state index is 0.435. The Labute approximate surface area is 104 Å². The van der Waals surface area contributed by atoms with E-state index in [0.29, 0.717) is 18.2 Å². The molecule has 1 unspecified atom stereocenters. The Bertz CT molecular complexity index is 413. The Morgan fingerprint density at radius 1 is 1.71 bits per heavy atom. The fourth-order valence-electron chi connectivity index (χ4n) is 1.95. The van der Waals surface area contributed by atoms with Crippen LogP contribution < -0.4 is 5.32 Å². The SMILES string of the molecule is O=C(O)C1CNCCN1Cc1ccnc(Cl)c1. The lowest BCUT2D eigenvalue weighted by atomic mass is 10.1. The Kier molecular flexibility index (Phi) is 3.93. The molecule has 1 aliphatic heterocycles. The van der Waals surface area contributed by atoms with Crippen LogP contribution in [0.25, 0.3) is 0 Å². The minimum atomic E-state index is -0.794. The topological polar surface area (TPSA) is 65.5 Å². The minimum Gasteiger partial charge on any atom is -0.480 e. The van der Waals surface area contributed by atoms with Gasteiger partial charge in [0.2, 0.25) is 0 Å². The zero-order valence-electron chi connectivity index (χ0n) is 9.27. The lowest BCUT2D eigenvalue weighted by molar-refractivity contribution is -0.144. The van der Waals surface area contributed by atoms with Crippen molar-refractivity contribution in [2.45, 2.75) is 12.6 Å². The van der Waals surface area contributed by atoms with Crippen molar-refractivity contribution in [3.8, 4) is 0 Å². The number of halogens is 1. The van der Waals surface area contributed by atoms with Gasteiger partial charge in [0.05, 0.1) is 0 Å². The monoisotopic (exact) mass is 255 g/mol. The molecule has 2 heterocycles. The van der Waals surface area contributed by atoms with Gasteiger partial charge in [-0.1, -0.05) is 11.6 Å². The van der Waals surface area contributed by atoms with Crippen molar-refractivity contribution < 1.29 is 9.90 Å². The highest BCUT2D eigenvalue weighted by atomic mass is 35.5. The first-order valence-electron chi connectivity index (χ1n) is 5.45. The summed E-state index contributed by atoms with van der Waals surface area (Å²) in [6, 6.07) is 3.14. The number of hydrogen-bond donors (Lipinski definition) is 2. The van der Waals surface area contributed by atoms with Gasteiger partial charge in [-0.15, -0.1) is 0 Å². The van der Waals surface area contributed by atoms with Gasteiger partial charge in [0, 0.05) is 32.4 Å². The predicted octanol–water partition coefficient (Wildman–Crippen LogP) is 0.593. The lowest BCUT2D eigenvalue weighted by Crippen LogP contribution is -2.54. The summed E-state index contributed by atoms with van der Waals surface area (Å²) in [7, 11) is 0. The highest BCUT2D eigenvalue weighted by Gasteiger charge is 2.28. The molecule has 0 aliphatic carbocycles. The van der Waals surface area contributed by atoms with E-state index in [1.165, 1.54) is 0 Å². The van der Waals surface area contributed by atoms with Crippen molar-refractivity contribution in [2.24, 2.45) is 0 Å². The third kappa shape index (κ3) is 3.15. The van der Waals surface area contributed by atoms with Crippen LogP contribution in [0, 0.1) is 0 Å². The normalized spacial score (nSPS) is 21.4. The molecule has 5 nitrogen and oxygen atoms in total. The molecule has 0 spiro atoms. The average molecular weight is 256 g/mol. The van der Waals surface area contributed by atoms with Gasteiger partial charge in [-0.05, 0) is 17.7 Å². The molecule has 17 heavy (non-hydrogen) atoms. The van der Waals surface area contributed by atoms with E-state index in [-0.39, 0.29) is 0 Å². The van der Waals surface area contributed by atoms with Crippen molar-refractivity contribution in [2.75, 3.05) is 19.6 Å². The number of aliphatic carboxylic acids is 1. The maximum absolute atomic E-state index is 11.1. The molecule has 6 heteroatoms. The van der Waals surface area contributed by atoms with Crippen molar-refractivity contribution in [3.05, 3.63) is 29.0 Å². The van der Waals surface area contributed by atoms with Gasteiger partial charge < -0.3 is 10.4 Å². The zero-order chi connectivity index (χ0) is 12.3. The Morgan fingerprint density at radius 3 is 3.24 bits per heavy atom. The van der Waals surface area contributed by atoms with Crippen LogP contribution >= 0.6 is 11.6 Å². The van der Waals surface area contributed by atoms with Gasteiger partial charge in [0.1, 0.15) is 11.2 Å². The van der Waals surface area contributed by atoms with Crippen LogP contribution in [0.1, 0.15) is 5.56 Å². The molecule has 1 saturated heterocycles. The van der Waals surface area contributed by atoms with Crippen LogP contribution in [0.5, 0.6) is 0 Å². The maximum atomic E-state index is 11.1. The summed E-state index contributed by atoms with van der Waals surface area (Å²) < 4.78 is 0. The molecule has 1 atom stereocenters. The standard InChI is InChI=1S/C11H14ClN3O2/c12-10-5-8(1-2-14-10)7-15-4-3-13-6-9(15)11(16)17/h1-2,5,9,13H,3-4,6-7H2,(H,16,17). The summed E-state index contributed by atoms with van der Waals surface area (Å²) >= 11 is 5.80. The second-order valence-corrected chi connectivity index (χ2v) is 4.40. The summed E-state index contributed by atoms with van der Waals surface area (Å²) in [4.78, 5) is 16.9. The predicted molar refractivity (Wildman–Crippen MR) is 64.0 cm³/mol. The Hall–Kier alpha value is -1.17. The third-order valence-corrected chi connectivity index (χ3v) is 3.02. The van der Waals surface area contributed by atoms with Crippen molar-refractivity contribution in [3.63, 3.8) is 0 Å². The molecule has 0 aromatic carbocycles. The van der Waals surface area contributed by atoms with E-state index >= 15 is 0 Å². The molecule has 1 fully saturated rings. The van der Waals surface area contributed by atoms with E-state index in [1.807, 2.05) is 11.0 Å².